The molecule has 0 bridgehead atoms. The van der Waals surface area contributed by atoms with Crippen molar-refractivity contribution in [1.29, 1.82) is 0 Å². The molecular formula is C46H52ClN11O7S. The fraction of sp³-hybridized carbons (Fsp3) is 0.435. The molecule has 20 heteroatoms. The van der Waals surface area contributed by atoms with Crippen molar-refractivity contribution in [2.45, 2.75) is 50.7 Å². The van der Waals surface area contributed by atoms with Gasteiger partial charge in [0.15, 0.2) is 5.82 Å². The van der Waals surface area contributed by atoms with Crippen LogP contribution in [-0.4, -0.2) is 141 Å². The van der Waals surface area contributed by atoms with Gasteiger partial charge in [-0.15, -0.1) is 0 Å². The van der Waals surface area contributed by atoms with Crippen molar-refractivity contribution in [2.75, 3.05) is 97.0 Å². The van der Waals surface area contributed by atoms with E-state index >= 15 is 0 Å². The Labute approximate surface area is 388 Å². The molecule has 1 unspecified atom stereocenters. The number of aromatic nitrogens is 2. The first-order chi connectivity index (χ1) is 31.8. The summed E-state index contributed by atoms with van der Waals surface area (Å²) in [6, 6.07) is 17.2. The van der Waals surface area contributed by atoms with E-state index in [0.29, 0.717) is 92.3 Å². The Hall–Kier alpha value is -6.18. The lowest BCUT2D eigenvalue weighted by atomic mass is 9.96. The first-order valence-electron chi connectivity index (χ1n) is 22.5. The number of hydrogen-bond donors (Lipinski definition) is 3. The third-order valence-corrected chi connectivity index (χ3v) is 15.3. The van der Waals surface area contributed by atoms with Crippen molar-refractivity contribution in [2.24, 2.45) is 5.92 Å². The Balaban J connectivity index is 0.693. The molecule has 3 aromatic carbocycles. The van der Waals surface area contributed by atoms with Crippen LogP contribution in [0.4, 0.5) is 40.2 Å². The summed E-state index contributed by atoms with van der Waals surface area (Å²) in [4.78, 5) is 70.7. The highest BCUT2D eigenvalue weighted by atomic mass is 35.5. The molecule has 4 fully saturated rings. The van der Waals surface area contributed by atoms with Gasteiger partial charge in [0.25, 0.3) is 5.91 Å². The van der Waals surface area contributed by atoms with E-state index in [1.165, 1.54) is 16.8 Å². The maximum atomic E-state index is 13.6. The number of anilines is 7. The number of nitrogens with one attached hydrogen (secondary N) is 3. The lowest BCUT2D eigenvalue weighted by molar-refractivity contribution is -0.139. The molecule has 4 amide bonds. The highest BCUT2D eigenvalue weighted by Gasteiger charge is 2.41. The minimum atomic E-state index is -3.47. The minimum Gasteiger partial charge on any atom is -0.494 e. The average Bonchev–Trinajstić information content (AvgIpc) is 3.89. The maximum absolute atomic E-state index is 13.6. The quantitative estimate of drug-likeness (QED) is 0.183. The summed E-state index contributed by atoms with van der Waals surface area (Å²) in [5, 5.41) is 9.13. The van der Waals surface area contributed by atoms with Gasteiger partial charge >= 0.3 is 0 Å². The van der Waals surface area contributed by atoms with Crippen LogP contribution < -0.4 is 34.8 Å². The van der Waals surface area contributed by atoms with Crippen molar-refractivity contribution in [1.82, 2.24) is 30.0 Å². The number of sulfonamides is 1. The number of rotatable bonds is 11. The standard InChI is InChI=1S/C46H52ClN11O7S/c1-65-39-23-33(8-9-36(39)50-46-48-24-35(47)42(52-46)49-37-5-3-4-28-12-17-58(41(28)37)66(2,63)64)53-15-13-31(14-16-53)54-18-20-55(21-19-54)44(61)30-25-56(26-30)32-7-6-29-27-57(45(62)34(29)22-32)38-10-11-40(59)51-43(38)60/h3-9,22-24,30-31,38H,10-21,25-27H2,1-2H3,(H,51,59,60)(H2,48,49,50,52). The second-order valence-electron chi connectivity index (χ2n) is 17.8. The predicted molar refractivity (Wildman–Crippen MR) is 251 cm³/mol. The minimum absolute atomic E-state index is 0.0899. The summed E-state index contributed by atoms with van der Waals surface area (Å²) in [5.41, 5.74) is 6.17. The van der Waals surface area contributed by atoms with E-state index < -0.39 is 22.0 Å². The van der Waals surface area contributed by atoms with Gasteiger partial charge in [-0.05, 0) is 67.1 Å². The van der Waals surface area contributed by atoms with Crippen LogP contribution in [0, 0.1) is 5.92 Å². The summed E-state index contributed by atoms with van der Waals surface area (Å²) in [7, 11) is -1.85. The molecule has 7 heterocycles. The third kappa shape index (κ3) is 8.43. The summed E-state index contributed by atoms with van der Waals surface area (Å²) in [5.74, 6) is 0.418. The third-order valence-electron chi connectivity index (χ3n) is 13.9. The Bertz CT molecular complexity index is 2720. The van der Waals surface area contributed by atoms with Gasteiger partial charge in [0.2, 0.25) is 33.7 Å². The number of fused-ring (bicyclic) bond motifs is 2. The summed E-state index contributed by atoms with van der Waals surface area (Å²) in [6.07, 6.45) is 5.86. The second-order valence-corrected chi connectivity index (χ2v) is 20.2. The molecule has 3 N–H and O–H groups in total. The summed E-state index contributed by atoms with van der Waals surface area (Å²) >= 11 is 6.53. The fourth-order valence-electron chi connectivity index (χ4n) is 10.2. The monoisotopic (exact) mass is 937 g/mol. The van der Waals surface area contributed by atoms with Gasteiger partial charge in [-0.1, -0.05) is 29.8 Å². The molecule has 4 saturated heterocycles. The zero-order valence-electron chi connectivity index (χ0n) is 36.8. The van der Waals surface area contributed by atoms with Crippen LogP contribution in [0.1, 0.15) is 47.2 Å². The molecule has 4 aromatic rings. The van der Waals surface area contributed by atoms with E-state index in [2.05, 4.69) is 46.7 Å². The lowest BCUT2D eigenvalue weighted by Crippen LogP contribution is -2.59. The molecule has 0 saturated carbocycles. The Kier molecular flexibility index (Phi) is 11.6. The molecule has 6 aliphatic rings. The number of benzene rings is 3. The molecule has 1 aromatic heterocycles. The number of halogens is 1. The molecule has 0 aliphatic carbocycles. The summed E-state index contributed by atoms with van der Waals surface area (Å²) in [6.45, 7) is 6.78. The van der Waals surface area contributed by atoms with Gasteiger partial charge in [-0.3, -0.25) is 33.7 Å². The van der Waals surface area contributed by atoms with E-state index in [0.717, 1.165) is 61.5 Å². The zero-order chi connectivity index (χ0) is 45.9. The molecule has 1 atom stereocenters. The molecule has 10 rings (SSSR count). The largest absolute Gasteiger partial charge is 0.494 e. The van der Waals surface area contributed by atoms with E-state index in [1.54, 1.807) is 18.1 Å². The number of amides is 4. The SMILES string of the molecule is COc1cc(N2CCC(N3CCN(C(=O)C4CN(c5ccc6c(c5)C(=O)N(C5CCC(=O)NC5=O)C6)C4)CC3)CC2)ccc1Nc1ncc(Cl)c(Nc2cccc3c2N(S(C)(=O)=O)CC3)n1. The van der Waals surface area contributed by atoms with E-state index in [9.17, 15) is 27.6 Å². The van der Waals surface area contributed by atoms with Crippen molar-refractivity contribution in [3.63, 3.8) is 0 Å². The predicted octanol–water partition coefficient (Wildman–Crippen LogP) is 3.96. The van der Waals surface area contributed by atoms with E-state index in [-0.39, 0.29) is 41.0 Å². The van der Waals surface area contributed by atoms with Gasteiger partial charge < -0.3 is 35.0 Å². The van der Waals surface area contributed by atoms with Crippen molar-refractivity contribution in [3.05, 3.63) is 82.5 Å². The Morgan fingerprint density at radius 1 is 0.848 bits per heavy atom. The maximum Gasteiger partial charge on any atom is 0.255 e. The van der Waals surface area contributed by atoms with Gasteiger partial charge in [0.1, 0.15) is 16.8 Å². The van der Waals surface area contributed by atoms with Gasteiger partial charge in [-0.25, -0.2) is 13.4 Å². The van der Waals surface area contributed by atoms with Gasteiger partial charge in [-0.2, -0.15) is 4.98 Å². The van der Waals surface area contributed by atoms with Crippen LogP contribution in [0.15, 0.2) is 60.8 Å². The van der Waals surface area contributed by atoms with Crippen LogP contribution in [0.2, 0.25) is 5.02 Å². The van der Waals surface area contributed by atoms with Crippen molar-refractivity contribution < 1.29 is 32.3 Å². The second kappa shape index (κ2) is 17.6. The molecule has 346 valence electrons. The summed E-state index contributed by atoms with van der Waals surface area (Å²) < 4.78 is 32.3. The van der Waals surface area contributed by atoms with E-state index in [1.807, 2.05) is 47.4 Å². The number of carbonyl (C=O) groups is 4. The first-order valence-corrected chi connectivity index (χ1v) is 24.7. The van der Waals surface area contributed by atoms with Crippen LogP contribution in [-0.2, 0) is 37.4 Å². The fourth-order valence-corrected chi connectivity index (χ4v) is 11.3. The smallest absolute Gasteiger partial charge is 0.255 e. The number of nitrogens with zero attached hydrogens (tertiary/aromatic N) is 8. The van der Waals surface area contributed by atoms with Crippen LogP contribution >= 0.6 is 11.6 Å². The Morgan fingerprint density at radius 2 is 1.61 bits per heavy atom. The lowest BCUT2D eigenvalue weighted by Gasteiger charge is -2.46. The number of ether oxygens (including phenoxy) is 1. The number of piperazine rings is 1. The van der Waals surface area contributed by atoms with Crippen LogP contribution in [0.3, 0.4) is 0 Å². The number of piperidine rings is 2. The van der Waals surface area contributed by atoms with Crippen LogP contribution in [0.25, 0.3) is 0 Å². The number of methoxy groups -OCH3 is 1. The van der Waals surface area contributed by atoms with Gasteiger partial charge in [0.05, 0.1) is 42.5 Å². The molecule has 0 radical (unpaired) electrons. The molecule has 6 aliphatic heterocycles. The van der Waals surface area contributed by atoms with Gasteiger partial charge in [0, 0.05) is 101 Å². The Morgan fingerprint density at radius 3 is 2.35 bits per heavy atom. The van der Waals surface area contributed by atoms with Crippen molar-refractivity contribution >= 4 is 85.5 Å². The number of hydrogen-bond acceptors (Lipinski definition) is 14. The number of imide groups is 1. The normalized spacial score (nSPS) is 20.6. The molecule has 0 spiro atoms. The highest BCUT2D eigenvalue weighted by molar-refractivity contribution is 7.92. The van der Waals surface area contributed by atoms with Crippen molar-refractivity contribution in [3.8, 4) is 5.75 Å². The number of para-hydroxylation sites is 1. The highest BCUT2D eigenvalue weighted by Crippen LogP contribution is 2.40. The molecular weight excluding hydrogens is 886 g/mol. The topological polar surface area (TPSA) is 193 Å². The van der Waals surface area contributed by atoms with Crippen LogP contribution in [0.5, 0.6) is 5.75 Å². The average molecular weight is 939 g/mol. The molecule has 66 heavy (non-hydrogen) atoms. The molecule has 18 nitrogen and oxygen atoms in total. The number of carbonyl (C=O) groups excluding carboxylic acids is 4. The first kappa shape index (κ1) is 43.7. The zero-order valence-corrected chi connectivity index (χ0v) is 38.4. The van der Waals surface area contributed by atoms with E-state index in [4.69, 9.17) is 16.3 Å².